The standard InChI is InChI=1S/C18H22ClN3O/c19-14-7-9-15(10-8-14)22-12-17(20-18(22)23)21-11-3-5-13-4-1-2-6-16(13)21/h7-10,13,16H,1-6,11-12H2. The van der Waals surface area contributed by atoms with E-state index in [0.29, 0.717) is 17.6 Å². The Morgan fingerprint density at radius 2 is 1.78 bits per heavy atom. The van der Waals surface area contributed by atoms with Gasteiger partial charge in [-0.1, -0.05) is 24.4 Å². The van der Waals surface area contributed by atoms with Gasteiger partial charge < -0.3 is 4.90 Å². The Labute approximate surface area is 142 Å². The van der Waals surface area contributed by atoms with Gasteiger partial charge in [-0.25, -0.2) is 4.79 Å². The molecule has 2 heterocycles. The van der Waals surface area contributed by atoms with Gasteiger partial charge in [-0.05, 0) is 55.9 Å². The van der Waals surface area contributed by atoms with Crippen LogP contribution in [0.4, 0.5) is 10.5 Å². The highest BCUT2D eigenvalue weighted by molar-refractivity contribution is 6.30. The van der Waals surface area contributed by atoms with Gasteiger partial charge in [0.05, 0.1) is 6.54 Å². The molecule has 1 aromatic rings. The van der Waals surface area contributed by atoms with Crippen molar-refractivity contribution >= 4 is 29.2 Å². The first-order valence-corrected chi connectivity index (χ1v) is 9.01. The number of benzene rings is 1. The van der Waals surface area contributed by atoms with Gasteiger partial charge in [0.2, 0.25) is 0 Å². The molecule has 0 radical (unpaired) electrons. The monoisotopic (exact) mass is 331 g/mol. The fourth-order valence-electron chi connectivity index (χ4n) is 4.34. The van der Waals surface area contributed by atoms with Crippen molar-refractivity contribution in [1.82, 2.24) is 4.90 Å². The highest BCUT2D eigenvalue weighted by Crippen LogP contribution is 2.36. The molecule has 3 aliphatic rings. The third-order valence-corrected chi connectivity index (χ3v) is 5.72. The Bertz CT molecular complexity index is 626. The molecule has 2 amide bonds. The van der Waals surface area contributed by atoms with Crippen LogP contribution in [-0.4, -0.2) is 35.9 Å². The molecule has 0 bridgehead atoms. The van der Waals surface area contributed by atoms with E-state index in [1.54, 1.807) is 4.90 Å². The van der Waals surface area contributed by atoms with Crippen LogP contribution in [-0.2, 0) is 0 Å². The van der Waals surface area contributed by atoms with E-state index in [1.165, 1.54) is 38.5 Å². The molecule has 0 aromatic heterocycles. The number of amides is 2. The number of halogens is 1. The van der Waals surface area contributed by atoms with Gasteiger partial charge in [0, 0.05) is 23.3 Å². The molecule has 23 heavy (non-hydrogen) atoms. The van der Waals surface area contributed by atoms with Crippen molar-refractivity contribution in [2.45, 2.75) is 44.6 Å². The minimum Gasteiger partial charge on any atom is -0.355 e. The number of fused-ring (bicyclic) bond motifs is 1. The van der Waals surface area contributed by atoms with Crippen molar-refractivity contribution < 1.29 is 4.79 Å². The Morgan fingerprint density at radius 3 is 2.61 bits per heavy atom. The topological polar surface area (TPSA) is 35.9 Å². The van der Waals surface area contributed by atoms with Crippen LogP contribution in [0.3, 0.4) is 0 Å². The van der Waals surface area contributed by atoms with Crippen molar-refractivity contribution in [3.8, 4) is 0 Å². The molecule has 2 aliphatic heterocycles. The number of aliphatic imine (C=N–C) groups is 1. The lowest BCUT2D eigenvalue weighted by Crippen LogP contribution is -2.50. The Hall–Kier alpha value is -1.55. The first-order chi connectivity index (χ1) is 11.2. The second-order valence-corrected chi connectivity index (χ2v) is 7.26. The molecule has 1 saturated carbocycles. The summed E-state index contributed by atoms with van der Waals surface area (Å²) in [6.07, 6.45) is 7.80. The lowest BCUT2D eigenvalue weighted by Gasteiger charge is -2.45. The number of carbonyl (C=O) groups excluding carboxylic acids is 1. The third kappa shape index (κ3) is 2.85. The number of likely N-dealkylation sites (tertiary alicyclic amines) is 1. The highest BCUT2D eigenvalue weighted by atomic mass is 35.5. The van der Waals surface area contributed by atoms with Crippen LogP contribution < -0.4 is 4.90 Å². The molecule has 2 atom stereocenters. The van der Waals surface area contributed by atoms with Crippen LogP contribution in [0.5, 0.6) is 0 Å². The summed E-state index contributed by atoms with van der Waals surface area (Å²) in [4.78, 5) is 20.9. The first-order valence-electron chi connectivity index (χ1n) is 8.63. The fraction of sp³-hybridized carbons (Fsp3) is 0.556. The molecule has 4 rings (SSSR count). The van der Waals surface area contributed by atoms with Gasteiger partial charge in [-0.3, -0.25) is 4.90 Å². The molecule has 1 aliphatic carbocycles. The van der Waals surface area contributed by atoms with E-state index in [2.05, 4.69) is 9.89 Å². The summed E-state index contributed by atoms with van der Waals surface area (Å²) in [7, 11) is 0. The third-order valence-electron chi connectivity index (χ3n) is 5.47. The molecule has 2 unspecified atom stereocenters. The normalized spacial score (nSPS) is 27.9. The average Bonchev–Trinajstić information content (AvgIpc) is 2.97. The molecular weight excluding hydrogens is 310 g/mol. The molecule has 2 fully saturated rings. The van der Waals surface area contributed by atoms with E-state index in [4.69, 9.17) is 11.6 Å². The molecule has 1 aromatic carbocycles. The van der Waals surface area contributed by atoms with Crippen molar-refractivity contribution in [3.05, 3.63) is 29.3 Å². The number of rotatable bonds is 1. The van der Waals surface area contributed by atoms with Crippen LogP contribution in [0, 0.1) is 5.92 Å². The predicted molar refractivity (Wildman–Crippen MR) is 93.3 cm³/mol. The maximum absolute atomic E-state index is 12.4. The minimum atomic E-state index is -0.153. The van der Waals surface area contributed by atoms with Crippen molar-refractivity contribution in [2.75, 3.05) is 18.0 Å². The number of amidine groups is 1. The van der Waals surface area contributed by atoms with Crippen molar-refractivity contribution in [3.63, 3.8) is 0 Å². The lowest BCUT2D eigenvalue weighted by molar-refractivity contribution is 0.119. The molecule has 0 spiro atoms. The second-order valence-electron chi connectivity index (χ2n) is 6.82. The molecule has 0 N–H and O–H groups in total. The number of hydrogen-bond donors (Lipinski definition) is 0. The van der Waals surface area contributed by atoms with E-state index in [1.807, 2.05) is 24.3 Å². The number of piperidine rings is 1. The zero-order valence-corrected chi connectivity index (χ0v) is 14.0. The lowest BCUT2D eigenvalue weighted by atomic mass is 9.78. The Balaban J connectivity index is 1.52. The zero-order chi connectivity index (χ0) is 15.8. The number of nitrogens with zero attached hydrogens (tertiary/aromatic N) is 3. The summed E-state index contributed by atoms with van der Waals surface area (Å²) in [5, 5.41) is 0.683. The number of hydrogen-bond acceptors (Lipinski definition) is 2. The van der Waals surface area contributed by atoms with Crippen LogP contribution >= 0.6 is 11.6 Å². The molecule has 5 heteroatoms. The van der Waals surface area contributed by atoms with Gasteiger partial charge in [0.1, 0.15) is 5.84 Å². The SMILES string of the molecule is O=C1N=C(N2CCCC3CCCCC32)CN1c1ccc(Cl)cc1. The van der Waals surface area contributed by atoms with E-state index in [-0.39, 0.29) is 6.03 Å². The smallest absolute Gasteiger partial charge is 0.350 e. The molecule has 122 valence electrons. The van der Waals surface area contributed by atoms with Gasteiger partial charge in [0.25, 0.3) is 0 Å². The summed E-state index contributed by atoms with van der Waals surface area (Å²) in [5.74, 6) is 1.75. The summed E-state index contributed by atoms with van der Waals surface area (Å²) >= 11 is 5.94. The second kappa shape index (κ2) is 6.16. The van der Waals surface area contributed by atoms with E-state index < -0.39 is 0 Å². The van der Waals surface area contributed by atoms with Gasteiger partial charge >= 0.3 is 6.03 Å². The summed E-state index contributed by atoms with van der Waals surface area (Å²) in [5.41, 5.74) is 0.871. The predicted octanol–water partition coefficient (Wildman–Crippen LogP) is 4.33. The summed E-state index contributed by atoms with van der Waals surface area (Å²) in [6, 6.07) is 7.85. The zero-order valence-electron chi connectivity index (χ0n) is 13.2. The van der Waals surface area contributed by atoms with E-state index in [0.717, 1.165) is 24.0 Å². The number of anilines is 1. The largest absolute Gasteiger partial charge is 0.355 e. The van der Waals surface area contributed by atoms with Gasteiger partial charge in [-0.2, -0.15) is 4.99 Å². The maximum Gasteiger partial charge on any atom is 0.350 e. The minimum absolute atomic E-state index is 0.153. The maximum atomic E-state index is 12.4. The Kier molecular flexibility index (Phi) is 4.02. The highest BCUT2D eigenvalue weighted by Gasteiger charge is 2.38. The summed E-state index contributed by atoms with van der Waals surface area (Å²) < 4.78 is 0. The van der Waals surface area contributed by atoms with Gasteiger partial charge in [0.15, 0.2) is 0 Å². The Morgan fingerprint density at radius 1 is 1.04 bits per heavy atom. The van der Waals surface area contributed by atoms with E-state index >= 15 is 0 Å². The molecule has 1 saturated heterocycles. The molecule has 4 nitrogen and oxygen atoms in total. The summed E-state index contributed by atoms with van der Waals surface area (Å²) in [6.45, 7) is 1.63. The van der Waals surface area contributed by atoms with Crippen molar-refractivity contribution in [2.24, 2.45) is 10.9 Å². The van der Waals surface area contributed by atoms with Gasteiger partial charge in [-0.15, -0.1) is 0 Å². The van der Waals surface area contributed by atoms with Crippen LogP contribution in [0.25, 0.3) is 0 Å². The molecular formula is C18H22ClN3O. The first kappa shape index (κ1) is 15.0. The van der Waals surface area contributed by atoms with Crippen LogP contribution in [0.15, 0.2) is 29.3 Å². The van der Waals surface area contributed by atoms with Crippen LogP contribution in [0.1, 0.15) is 38.5 Å². The van der Waals surface area contributed by atoms with Crippen molar-refractivity contribution in [1.29, 1.82) is 0 Å². The quantitative estimate of drug-likeness (QED) is 0.767. The number of carbonyl (C=O) groups is 1. The van der Waals surface area contributed by atoms with E-state index in [9.17, 15) is 4.79 Å². The fourth-order valence-corrected chi connectivity index (χ4v) is 4.46. The van der Waals surface area contributed by atoms with Crippen LogP contribution in [0.2, 0.25) is 5.02 Å². The average molecular weight is 332 g/mol. The number of urea groups is 1.